The Hall–Kier alpha value is -7.22. The first kappa shape index (κ1) is 32.4. The first-order chi connectivity index (χ1) is 27.3. The van der Waals surface area contributed by atoms with Crippen LogP contribution in [0.4, 0.5) is 17.1 Å². The molecule has 0 N–H and O–H groups in total. The highest BCUT2D eigenvalue weighted by atomic mass is 32.1. The molecule has 0 radical (unpaired) electrons. The molecule has 10 rings (SSSR count). The summed E-state index contributed by atoms with van der Waals surface area (Å²) in [6, 6.07) is 66.9. The second-order valence-corrected chi connectivity index (χ2v) is 14.2. The molecule has 3 aromatic heterocycles. The van der Waals surface area contributed by atoms with Gasteiger partial charge in [0.15, 0.2) is 0 Å². The molecular weight excluding hydrogens is 693 g/mol. The Bertz CT molecular complexity index is 2830. The smallest absolute Gasteiger partial charge is 0.235 e. The minimum atomic E-state index is 0.611. The van der Waals surface area contributed by atoms with Crippen LogP contribution in [0.2, 0.25) is 0 Å². The van der Waals surface area contributed by atoms with Crippen LogP contribution in [0.1, 0.15) is 0 Å². The molecule has 7 heteroatoms. The van der Waals surface area contributed by atoms with Gasteiger partial charge in [-0.25, -0.2) is 9.97 Å². The molecule has 260 valence electrons. The molecule has 0 unspecified atom stereocenters. The Balaban J connectivity index is 1.10. The SMILES string of the molecule is c1ccc(-c2cc(-c3ccccc3)nc(-n3c4ccccc4c4c(-c5nnc(-c6cccc(N(c7ccccc7)c7ccccc7)c6)s5)cccc43)n2)cc1. The number of aromatic nitrogens is 5. The van der Waals surface area contributed by atoms with Crippen LogP contribution in [0.15, 0.2) is 194 Å². The van der Waals surface area contributed by atoms with Crippen molar-refractivity contribution in [3.05, 3.63) is 194 Å². The van der Waals surface area contributed by atoms with Crippen molar-refractivity contribution in [1.29, 1.82) is 0 Å². The minimum Gasteiger partial charge on any atom is -0.310 e. The molecule has 0 fully saturated rings. The van der Waals surface area contributed by atoms with Gasteiger partial charge in [0.2, 0.25) is 5.95 Å². The molecule has 0 aliphatic carbocycles. The second-order valence-electron chi connectivity index (χ2n) is 13.2. The van der Waals surface area contributed by atoms with E-state index in [0.717, 1.165) is 82.5 Å². The van der Waals surface area contributed by atoms with E-state index in [4.69, 9.17) is 20.2 Å². The van der Waals surface area contributed by atoms with Gasteiger partial charge in [0.1, 0.15) is 10.0 Å². The fourth-order valence-corrected chi connectivity index (χ4v) is 8.16. The lowest BCUT2D eigenvalue weighted by Crippen LogP contribution is -2.09. The molecule has 0 spiro atoms. The quantitative estimate of drug-likeness (QED) is 0.156. The number of hydrogen-bond acceptors (Lipinski definition) is 6. The van der Waals surface area contributed by atoms with E-state index >= 15 is 0 Å². The van der Waals surface area contributed by atoms with E-state index in [2.05, 4.69) is 155 Å². The highest BCUT2D eigenvalue weighted by molar-refractivity contribution is 7.18. The summed E-state index contributed by atoms with van der Waals surface area (Å²) >= 11 is 1.60. The standard InChI is InChI=1S/C48H32N6S/c1-5-17-33(18-6-1)41-32-42(34-19-7-2-8-20-34)50-48(49-41)54-43-29-14-13-27-39(43)45-40(28-16-30-44(45)54)47-52-51-46(55-47)35-21-15-26-38(31-35)53(36-22-9-3-10-23-36)37-24-11-4-12-25-37/h1-32H. The summed E-state index contributed by atoms with van der Waals surface area (Å²) in [6.45, 7) is 0. The average Bonchev–Trinajstić information content (AvgIpc) is 3.89. The Kier molecular flexibility index (Phi) is 8.24. The zero-order valence-electron chi connectivity index (χ0n) is 29.6. The molecule has 3 heterocycles. The van der Waals surface area contributed by atoms with Gasteiger partial charge in [0.25, 0.3) is 0 Å². The summed E-state index contributed by atoms with van der Waals surface area (Å²) in [4.78, 5) is 12.7. The van der Waals surface area contributed by atoms with Gasteiger partial charge in [-0.05, 0) is 54.6 Å². The zero-order valence-corrected chi connectivity index (χ0v) is 30.4. The van der Waals surface area contributed by atoms with Gasteiger partial charge in [0, 0.05) is 50.1 Å². The molecule has 0 saturated carbocycles. The van der Waals surface area contributed by atoms with E-state index < -0.39 is 0 Å². The first-order valence-electron chi connectivity index (χ1n) is 18.2. The Labute approximate surface area is 322 Å². The van der Waals surface area contributed by atoms with Crippen LogP contribution in [-0.4, -0.2) is 24.7 Å². The summed E-state index contributed by atoms with van der Waals surface area (Å²) in [5, 5.41) is 13.5. The van der Waals surface area contributed by atoms with Gasteiger partial charge in [-0.2, -0.15) is 0 Å². The fraction of sp³-hybridized carbons (Fsp3) is 0. The van der Waals surface area contributed by atoms with Crippen molar-refractivity contribution < 1.29 is 0 Å². The molecule has 0 amide bonds. The van der Waals surface area contributed by atoms with Gasteiger partial charge in [0.05, 0.1) is 22.4 Å². The molecule has 0 aliphatic heterocycles. The van der Waals surface area contributed by atoms with Gasteiger partial charge in [-0.3, -0.25) is 4.57 Å². The third-order valence-electron chi connectivity index (χ3n) is 9.79. The Morgan fingerprint density at radius 1 is 0.418 bits per heavy atom. The molecule has 0 atom stereocenters. The maximum absolute atomic E-state index is 5.21. The summed E-state index contributed by atoms with van der Waals surface area (Å²) in [6.07, 6.45) is 0. The monoisotopic (exact) mass is 724 g/mol. The second kappa shape index (κ2) is 14.0. The highest BCUT2D eigenvalue weighted by Crippen LogP contribution is 2.42. The normalized spacial score (nSPS) is 11.3. The van der Waals surface area contributed by atoms with Crippen LogP contribution < -0.4 is 4.90 Å². The van der Waals surface area contributed by atoms with Crippen LogP contribution >= 0.6 is 11.3 Å². The van der Waals surface area contributed by atoms with Crippen molar-refractivity contribution in [3.8, 4) is 49.6 Å². The van der Waals surface area contributed by atoms with E-state index in [1.807, 2.05) is 48.5 Å². The van der Waals surface area contributed by atoms with Crippen LogP contribution in [-0.2, 0) is 0 Å². The molecule has 0 saturated heterocycles. The third kappa shape index (κ3) is 6.02. The number of anilines is 3. The van der Waals surface area contributed by atoms with Crippen molar-refractivity contribution in [2.45, 2.75) is 0 Å². The lowest BCUT2D eigenvalue weighted by molar-refractivity contribution is 0.995. The summed E-state index contributed by atoms with van der Waals surface area (Å²) in [5.74, 6) is 0.611. The number of nitrogens with zero attached hydrogens (tertiary/aromatic N) is 6. The molecule has 0 bridgehead atoms. The third-order valence-corrected chi connectivity index (χ3v) is 10.8. The number of fused-ring (bicyclic) bond motifs is 3. The molecule has 55 heavy (non-hydrogen) atoms. The van der Waals surface area contributed by atoms with E-state index in [1.165, 1.54) is 0 Å². The van der Waals surface area contributed by atoms with E-state index in [1.54, 1.807) is 11.3 Å². The average molecular weight is 725 g/mol. The van der Waals surface area contributed by atoms with Gasteiger partial charge in [-0.1, -0.05) is 151 Å². The van der Waals surface area contributed by atoms with Crippen molar-refractivity contribution in [3.63, 3.8) is 0 Å². The lowest BCUT2D eigenvalue weighted by atomic mass is 10.1. The van der Waals surface area contributed by atoms with E-state index in [-0.39, 0.29) is 0 Å². The fourth-order valence-electron chi connectivity index (χ4n) is 7.29. The molecule has 7 aromatic carbocycles. The number of rotatable bonds is 8. The van der Waals surface area contributed by atoms with E-state index in [9.17, 15) is 0 Å². The predicted molar refractivity (Wildman–Crippen MR) is 226 cm³/mol. The van der Waals surface area contributed by atoms with Crippen molar-refractivity contribution in [2.75, 3.05) is 4.90 Å². The zero-order chi connectivity index (χ0) is 36.6. The maximum atomic E-state index is 5.21. The van der Waals surface area contributed by atoms with Crippen molar-refractivity contribution in [2.24, 2.45) is 0 Å². The molecule has 6 nitrogen and oxygen atoms in total. The van der Waals surface area contributed by atoms with Crippen LogP contribution in [0, 0.1) is 0 Å². The van der Waals surface area contributed by atoms with Crippen molar-refractivity contribution >= 4 is 50.2 Å². The van der Waals surface area contributed by atoms with Crippen molar-refractivity contribution in [1.82, 2.24) is 24.7 Å². The lowest BCUT2D eigenvalue weighted by Gasteiger charge is -2.25. The molecule has 10 aromatic rings. The summed E-state index contributed by atoms with van der Waals surface area (Å²) in [7, 11) is 0. The molecule has 0 aliphatic rings. The Morgan fingerprint density at radius 3 is 1.58 bits per heavy atom. The van der Waals surface area contributed by atoms with E-state index in [0.29, 0.717) is 5.95 Å². The first-order valence-corrected chi connectivity index (χ1v) is 19.0. The Morgan fingerprint density at radius 2 is 0.927 bits per heavy atom. The van der Waals surface area contributed by atoms with Crippen LogP contribution in [0.5, 0.6) is 0 Å². The highest BCUT2D eigenvalue weighted by Gasteiger charge is 2.21. The van der Waals surface area contributed by atoms with Gasteiger partial charge >= 0.3 is 0 Å². The van der Waals surface area contributed by atoms with Crippen LogP contribution in [0.25, 0.3) is 71.4 Å². The van der Waals surface area contributed by atoms with Gasteiger partial charge in [-0.15, -0.1) is 10.2 Å². The van der Waals surface area contributed by atoms with Crippen LogP contribution in [0.3, 0.4) is 0 Å². The maximum Gasteiger partial charge on any atom is 0.235 e. The summed E-state index contributed by atoms with van der Waals surface area (Å²) < 4.78 is 2.18. The molecular formula is C48H32N6S. The van der Waals surface area contributed by atoms with Gasteiger partial charge < -0.3 is 4.90 Å². The number of para-hydroxylation sites is 3. The predicted octanol–water partition coefficient (Wildman–Crippen LogP) is 12.6. The largest absolute Gasteiger partial charge is 0.310 e. The number of hydrogen-bond donors (Lipinski definition) is 0. The number of benzene rings is 7. The minimum absolute atomic E-state index is 0.611. The topological polar surface area (TPSA) is 59.7 Å². The summed E-state index contributed by atoms with van der Waals surface area (Å²) in [5.41, 5.74) is 11.1.